The quantitative estimate of drug-likeness (QED) is 0.687. The Labute approximate surface area is 111 Å². The van der Waals surface area contributed by atoms with Crippen molar-refractivity contribution in [2.24, 2.45) is 0 Å². The summed E-state index contributed by atoms with van der Waals surface area (Å²) in [6, 6.07) is 11.5. The van der Waals surface area contributed by atoms with Gasteiger partial charge in [0, 0.05) is 0 Å². The highest BCUT2D eigenvalue weighted by Crippen LogP contribution is 2.40. The molecule has 0 aliphatic heterocycles. The summed E-state index contributed by atoms with van der Waals surface area (Å²) in [7, 11) is 0. The fourth-order valence-corrected chi connectivity index (χ4v) is 2.84. The zero-order valence-electron chi connectivity index (χ0n) is 10.5. The predicted octanol–water partition coefficient (Wildman–Crippen LogP) is 3.08. The Balaban J connectivity index is 1.93. The monoisotopic (exact) mass is 256 g/mol. The van der Waals surface area contributed by atoms with Crippen LogP contribution in [-0.4, -0.2) is 15.3 Å². The van der Waals surface area contributed by atoms with E-state index in [0.29, 0.717) is 0 Å². The summed E-state index contributed by atoms with van der Waals surface area (Å²) < 4.78 is 0. The molecule has 3 heteroatoms. The van der Waals surface area contributed by atoms with Gasteiger partial charge in [0.25, 0.3) is 0 Å². The Bertz CT molecular complexity index is 596. The Kier molecular flexibility index (Phi) is 2.82. The molecule has 98 valence electrons. The Morgan fingerprint density at radius 2 is 1.53 bits per heavy atom. The molecule has 0 amide bonds. The van der Waals surface area contributed by atoms with E-state index in [0.717, 1.165) is 24.8 Å². The summed E-state index contributed by atoms with van der Waals surface area (Å²) in [5.74, 6) is -0.685. The largest absolute Gasteiger partial charge is 0.504 e. The first-order chi connectivity index (χ1) is 9.15. The average Bonchev–Trinajstić information content (AvgIpc) is 2.43. The summed E-state index contributed by atoms with van der Waals surface area (Å²) in [5.41, 5.74) is 3.58. The number of rotatable bonds is 1. The number of hydrogen-bond donors (Lipinski definition) is 3. The Morgan fingerprint density at radius 3 is 2.21 bits per heavy atom. The molecular weight excluding hydrogens is 240 g/mol. The van der Waals surface area contributed by atoms with Crippen LogP contribution in [0.1, 0.15) is 29.0 Å². The van der Waals surface area contributed by atoms with Gasteiger partial charge in [-0.05, 0) is 54.0 Å². The van der Waals surface area contributed by atoms with E-state index in [1.54, 1.807) is 12.1 Å². The SMILES string of the molecule is Oc1cc(C2CCc3ccccc3C2)cc(O)c1O. The summed E-state index contributed by atoms with van der Waals surface area (Å²) in [5, 5.41) is 28.6. The molecule has 1 aliphatic carbocycles. The van der Waals surface area contributed by atoms with Gasteiger partial charge >= 0.3 is 0 Å². The molecule has 0 fully saturated rings. The molecule has 3 rings (SSSR count). The first kappa shape index (κ1) is 11.9. The van der Waals surface area contributed by atoms with Crippen LogP contribution in [0.3, 0.4) is 0 Å². The van der Waals surface area contributed by atoms with Crippen LogP contribution in [0.5, 0.6) is 17.2 Å². The normalized spacial score (nSPS) is 18.0. The molecule has 2 aromatic rings. The molecule has 0 heterocycles. The lowest BCUT2D eigenvalue weighted by molar-refractivity contribution is 0.366. The van der Waals surface area contributed by atoms with Gasteiger partial charge in [0.2, 0.25) is 0 Å². The van der Waals surface area contributed by atoms with E-state index < -0.39 is 5.75 Å². The van der Waals surface area contributed by atoms with Gasteiger partial charge in [0.1, 0.15) is 0 Å². The maximum Gasteiger partial charge on any atom is 0.200 e. The molecule has 0 aromatic heterocycles. The van der Waals surface area contributed by atoms with Gasteiger partial charge in [-0.25, -0.2) is 0 Å². The molecule has 3 nitrogen and oxygen atoms in total. The molecule has 0 saturated carbocycles. The molecule has 1 atom stereocenters. The number of phenols is 3. The van der Waals surface area contributed by atoms with Crippen molar-refractivity contribution in [3.63, 3.8) is 0 Å². The minimum atomic E-state index is -0.444. The lowest BCUT2D eigenvalue weighted by Crippen LogP contribution is -2.12. The van der Waals surface area contributed by atoms with Crippen LogP contribution in [0.4, 0.5) is 0 Å². The lowest BCUT2D eigenvalue weighted by Gasteiger charge is -2.25. The van der Waals surface area contributed by atoms with Crippen LogP contribution in [0.25, 0.3) is 0 Å². The fraction of sp³-hybridized carbons (Fsp3) is 0.250. The van der Waals surface area contributed by atoms with E-state index in [2.05, 4.69) is 18.2 Å². The van der Waals surface area contributed by atoms with E-state index in [4.69, 9.17) is 0 Å². The highest BCUT2D eigenvalue weighted by atomic mass is 16.3. The smallest absolute Gasteiger partial charge is 0.200 e. The van der Waals surface area contributed by atoms with Crippen LogP contribution in [0, 0.1) is 0 Å². The second kappa shape index (κ2) is 4.50. The lowest BCUT2D eigenvalue weighted by atomic mass is 9.80. The van der Waals surface area contributed by atoms with Gasteiger partial charge < -0.3 is 15.3 Å². The van der Waals surface area contributed by atoms with Crippen molar-refractivity contribution in [1.29, 1.82) is 0 Å². The van der Waals surface area contributed by atoms with Crippen molar-refractivity contribution in [2.45, 2.75) is 25.2 Å². The first-order valence-electron chi connectivity index (χ1n) is 6.47. The molecule has 0 radical (unpaired) electrons. The van der Waals surface area contributed by atoms with Gasteiger partial charge in [-0.15, -0.1) is 0 Å². The van der Waals surface area contributed by atoms with Crippen LogP contribution in [0.2, 0.25) is 0 Å². The van der Waals surface area contributed by atoms with Crippen LogP contribution in [-0.2, 0) is 12.8 Å². The summed E-state index contributed by atoms with van der Waals surface area (Å²) in [4.78, 5) is 0. The van der Waals surface area contributed by atoms with Gasteiger partial charge in [-0.1, -0.05) is 24.3 Å². The number of hydrogen-bond acceptors (Lipinski definition) is 3. The summed E-state index contributed by atoms with van der Waals surface area (Å²) in [6.07, 6.45) is 2.89. The molecule has 19 heavy (non-hydrogen) atoms. The Morgan fingerprint density at radius 1 is 0.895 bits per heavy atom. The number of aryl methyl sites for hydroxylation is 1. The van der Waals surface area contributed by atoms with Crippen LogP contribution < -0.4 is 0 Å². The van der Waals surface area contributed by atoms with E-state index in [9.17, 15) is 15.3 Å². The van der Waals surface area contributed by atoms with Gasteiger partial charge in [-0.2, -0.15) is 0 Å². The van der Waals surface area contributed by atoms with Crippen molar-refractivity contribution in [1.82, 2.24) is 0 Å². The standard InChI is InChI=1S/C16H16O3/c17-14-8-13(9-15(18)16(14)19)12-6-5-10-3-1-2-4-11(10)7-12/h1-4,8-9,12,17-19H,5-7H2. The van der Waals surface area contributed by atoms with Gasteiger partial charge in [-0.3, -0.25) is 0 Å². The van der Waals surface area contributed by atoms with Crippen molar-refractivity contribution >= 4 is 0 Å². The number of aromatic hydroxyl groups is 3. The summed E-state index contributed by atoms with van der Waals surface area (Å²) >= 11 is 0. The van der Waals surface area contributed by atoms with E-state index in [1.807, 2.05) is 6.07 Å². The molecule has 0 bridgehead atoms. The minimum absolute atomic E-state index is 0.256. The summed E-state index contributed by atoms with van der Waals surface area (Å²) in [6.45, 7) is 0. The van der Waals surface area contributed by atoms with Crippen LogP contribution >= 0.6 is 0 Å². The number of benzene rings is 2. The highest BCUT2D eigenvalue weighted by molar-refractivity contribution is 5.52. The molecule has 0 saturated heterocycles. The van der Waals surface area contributed by atoms with Crippen molar-refractivity contribution < 1.29 is 15.3 Å². The molecule has 0 spiro atoms. The van der Waals surface area contributed by atoms with Gasteiger partial charge in [0.05, 0.1) is 0 Å². The fourth-order valence-electron chi connectivity index (χ4n) is 2.84. The van der Waals surface area contributed by atoms with E-state index in [-0.39, 0.29) is 17.4 Å². The third-order valence-corrected chi connectivity index (χ3v) is 3.91. The number of phenolic OH excluding ortho intramolecular Hbond substituents is 3. The highest BCUT2D eigenvalue weighted by Gasteiger charge is 2.21. The maximum absolute atomic E-state index is 9.60. The topological polar surface area (TPSA) is 60.7 Å². The van der Waals surface area contributed by atoms with Crippen LogP contribution in [0.15, 0.2) is 36.4 Å². The molecular formula is C16H16O3. The van der Waals surface area contributed by atoms with Crippen molar-refractivity contribution in [3.05, 3.63) is 53.1 Å². The maximum atomic E-state index is 9.60. The molecule has 3 N–H and O–H groups in total. The molecule has 2 aromatic carbocycles. The van der Waals surface area contributed by atoms with E-state index in [1.165, 1.54) is 11.1 Å². The molecule has 1 unspecified atom stereocenters. The second-order valence-electron chi connectivity index (χ2n) is 5.12. The first-order valence-corrected chi connectivity index (χ1v) is 6.47. The van der Waals surface area contributed by atoms with Crippen molar-refractivity contribution in [2.75, 3.05) is 0 Å². The third-order valence-electron chi connectivity index (χ3n) is 3.91. The average molecular weight is 256 g/mol. The van der Waals surface area contributed by atoms with E-state index >= 15 is 0 Å². The zero-order chi connectivity index (χ0) is 13.4. The zero-order valence-corrected chi connectivity index (χ0v) is 10.5. The predicted molar refractivity (Wildman–Crippen MR) is 72.6 cm³/mol. The molecule has 1 aliphatic rings. The van der Waals surface area contributed by atoms with Crippen molar-refractivity contribution in [3.8, 4) is 17.2 Å². The second-order valence-corrected chi connectivity index (χ2v) is 5.12. The third kappa shape index (κ3) is 2.12. The Hall–Kier alpha value is -2.16. The minimum Gasteiger partial charge on any atom is -0.504 e. The number of fused-ring (bicyclic) bond motifs is 1. The van der Waals surface area contributed by atoms with Gasteiger partial charge in [0.15, 0.2) is 17.2 Å².